The maximum absolute atomic E-state index is 4.08. The number of hydrogen-bond donors (Lipinski definition) is 1. The summed E-state index contributed by atoms with van der Waals surface area (Å²) < 4.78 is 0. The molecule has 1 saturated heterocycles. The van der Waals surface area contributed by atoms with Crippen molar-refractivity contribution in [2.24, 2.45) is 0 Å². The number of hydrogen-bond acceptors (Lipinski definition) is 3. The van der Waals surface area contributed by atoms with Crippen molar-refractivity contribution in [3.8, 4) is 0 Å². The molecular weight excluding hydrogens is 210 g/mol. The lowest BCUT2D eigenvalue weighted by Gasteiger charge is -2.47. The lowest BCUT2D eigenvalue weighted by atomic mass is 9.92. The zero-order valence-electron chi connectivity index (χ0n) is 11.1. The Balaban J connectivity index is 2.11. The Morgan fingerprint density at radius 1 is 1.47 bits per heavy atom. The van der Waals surface area contributed by atoms with E-state index in [9.17, 15) is 0 Å². The van der Waals surface area contributed by atoms with Crippen LogP contribution in [0.5, 0.6) is 0 Å². The van der Waals surface area contributed by atoms with Crippen LogP contribution in [-0.4, -0.2) is 34.6 Å². The maximum atomic E-state index is 4.08. The summed E-state index contributed by atoms with van der Waals surface area (Å²) in [6.07, 6.45) is 4.94. The molecule has 3 heteroatoms. The van der Waals surface area contributed by atoms with Gasteiger partial charge in [-0.3, -0.25) is 9.88 Å². The van der Waals surface area contributed by atoms with Crippen LogP contribution < -0.4 is 5.32 Å². The molecule has 1 fully saturated rings. The second-order valence-electron chi connectivity index (χ2n) is 5.37. The van der Waals surface area contributed by atoms with Gasteiger partial charge in [0.15, 0.2) is 0 Å². The third-order valence-electron chi connectivity index (χ3n) is 3.97. The number of rotatable bonds is 3. The molecule has 0 spiro atoms. The van der Waals surface area contributed by atoms with Crippen molar-refractivity contribution in [2.75, 3.05) is 13.1 Å². The third-order valence-corrected chi connectivity index (χ3v) is 3.97. The minimum Gasteiger partial charge on any atom is -0.311 e. The van der Waals surface area contributed by atoms with Crippen molar-refractivity contribution in [1.82, 2.24) is 15.2 Å². The van der Waals surface area contributed by atoms with Crippen LogP contribution in [0.3, 0.4) is 0 Å². The Hall–Kier alpha value is -0.930. The van der Waals surface area contributed by atoms with E-state index in [4.69, 9.17) is 0 Å². The van der Waals surface area contributed by atoms with E-state index in [1.807, 2.05) is 12.4 Å². The van der Waals surface area contributed by atoms with Gasteiger partial charge in [0.2, 0.25) is 0 Å². The number of nitrogens with one attached hydrogen (secondary N) is 1. The van der Waals surface area contributed by atoms with Gasteiger partial charge >= 0.3 is 0 Å². The van der Waals surface area contributed by atoms with Crippen LogP contribution in [0.15, 0.2) is 24.5 Å². The molecule has 0 radical (unpaired) electrons. The second-order valence-corrected chi connectivity index (χ2v) is 5.37. The molecule has 2 rings (SSSR count). The fraction of sp³-hybridized carbons (Fsp3) is 0.643. The monoisotopic (exact) mass is 233 g/mol. The van der Waals surface area contributed by atoms with Crippen molar-refractivity contribution in [3.05, 3.63) is 30.1 Å². The third kappa shape index (κ3) is 2.85. The quantitative estimate of drug-likeness (QED) is 0.866. The van der Waals surface area contributed by atoms with E-state index in [2.05, 4.69) is 48.1 Å². The first kappa shape index (κ1) is 12.5. The molecule has 1 aliphatic heterocycles. The Bertz CT molecular complexity index is 352. The highest BCUT2D eigenvalue weighted by molar-refractivity contribution is 5.11. The first-order chi connectivity index (χ1) is 8.14. The van der Waals surface area contributed by atoms with E-state index in [1.165, 1.54) is 12.0 Å². The molecule has 0 amide bonds. The van der Waals surface area contributed by atoms with Gasteiger partial charge in [-0.05, 0) is 38.0 Å². The van der Waals surface area contributed by atoms with Crippen LogP contribution in [0.4, 0.5) is 0 Å². The fourth-order valence-electron chi connectivity index (χ4n) is 2.43. The van der Waals surface area contributed by atoms with Crippen molar-refractivity contribution in [1.29, 1.82) is 0 Å². The minimum atomic E-state index is 0.274. The highest BCUT2D eigenvalue weighted by Gasteiger charge is 2.34. The first-order valence-electron chi connectivity index (χ1n) is 6.51. The lowest BCUT2D eigenvalue weighted by Crippen LogP contribution is -2.61. The number of piperazine rings is 1. The average molecular weight is 233 g/mol. The molecule has 17 heavy (non-hydrogen) atoms. The van der Waals surface area contributed by atoms with Gasteiger partial charge in [-0.2, -0.15) is 0 Å². The molecule has 0 aromatic carbocycles. The largest absolute Gasteiger partial charge is 0.311 e. The maximum Gasteiger partial charge on any atom is 0.0307 e. The molecule has 2 unspecified atom stereocenters. The molecule has 1 aromatic rings. The van der Waals surface area contributed by atoms with Gasteiger partial charge in [0, 0.05) is 43.6 Å². The second kappa shape index (κ2) is 5.15. The lowest BCUT2D eigenvalue weighted by molar-refractivity contribution is 0.0453. The summed E-state index contributed by atoms with van der Waals surface area (Å²) >= 11 is 0. The SMILES string of the molecule is CCC1(C)CNC(C)CN1Cc1ccncc1. The fourth-order valence-corrected chi connectivity index (χ4v) is 2.43. The summed E-state index contributed by atoms with van der Waals surface area (Å²) in [5.74, 6) is 0. The summed E-state index contributed by atoms with van der Waals surface area (Å²) in [4.78, 5) is 6.68. The van der Waals surface area contributed by atoms with Crippen LogP contribution in [0.2, 0.25) is 0 Å². The topological polar surface area (TPSA) is 28.2 Å². The first-order valence-corrected chi connectivity index (χ1v) is 6.51. The summed E-state index contributed by atoms with van der Waals surface area (Å²) in [7, 11) is 0. The van der Waals surface area contributed by atoms with Crippen molar-refractivity contribution in [2.45, 2.75) is 45.3 Å². The smallest absolute Gasteiger partial charge is 0.0307 e. The molecule has 94 valence electrons. The Kier molecular flexibility index (Phi) is 3.79. The molecule has 0 aliphatic carbocycles. The molecule has 0 bridgehead atoms. The molecule has 3 nitrogen and oxygen atoms in total. The predicted octanol–water partition coefficient (Wildman–Crippen LogP) is 2.04. The zero-order chi connectivity index (χ0) is 12.3. The molecule has 2 heterocycles. The Morgan fingerprint density at radius 2 is 2.18 bits per heavy atom. The highest BCUT2D eigenvalue weighted by Crippen LogP contribution is 2.24. The minimum absolute atomic E-state index is 0.274. The van der Waals surface area contributed by atoms with Gasteiger partial charge in [-0.25, -0.2) is 0 Å². The van der Waals surface area contributed by atoms with Gasteiger partial charge < -0.3 is 5.32 Å². The van der Waals surface area contributed by atoms with Gasteiger partial charge in [0.1, 0.15) is 0 Å². The van der Waals surface area contributed by atoms with Crippen molar-refractivity contribution < 1.29 is 0 Å². The predicted molar refractivity (Wildman–Crippen MR) is 70.8 cm³/mol. The van der Waals surface area contributed by atoms with E-state index >= 15 is 0 Å². The van der Waals surface area contributed by atoms with E-state index < -0.39 is 0 Å². The average Bonchev–Trinajstić information content (AvgIpc) is 2.35. The van der Waals surface area contributed by atoms with Crippen LogP contribution >= 0.6 is 0 Å². The summed E-state index contributed by atoms with van der Waals surface area (Å²) in [5, 5.41) is 3.59. The van der Waals surface area contributed by atoms with Gasteiger partial charge in [0.25, 0.3) is 0 Å². The van der Waals surface area contributed by atoms with Crippen LogP contribution in [-0.2, 0) is 6.54 Å². The summed E-state index contributed by atoms with van der Waals surface area (Å²) in [6, 6.07) is 4.81. The van der Waals surface area contributed by atoms with Crippen molar-refractivity contribution >= 4 is 0 Å². The molecule has 1 aliphatic rings. The highest BCUT2D eigenvalue weighted by atomic mass is 15.3. The Labute approximate surface area is 104 Å². The normalized spacial score (nSPS) is 30.4. The molecule has 1 aromatic heterocycles. The van der Waals surface area contributed by atoms with E-state index in [-0.39, 0.29) is 5.54 Å². The van der Waals surface area contributed by atoms with Crippen LogP contribution in [0.25, 0.3) is 0 Å². The summed E-state index contributed by atoms with van der Waals surface area (Å²) in [5.41, 5.74) is 1.63. The van der Waals surface area contributed by atoms with E-state index in [0.717, 1.165) is 19.6 Å². The van der Waals surface area contributed by atoms with Gasteiger partial charge in [-0.1, -0.05) is 6.92 Å². The standard InChI is InChI=1S/C14H23N3/c1-4-14(3)11-16-12(2)9-17(14)10-13-5-7-15-8-6-13/h5-8,12,16H,4,9-11H2,1-3H3. The molecule has 0 saturated carbocycles. The van der Waals surface area contributed by atoms with E-state index in [1.54, 1.807) is 0 Å². The molecular formula is C14H23N3. The van der Waals surface area contributed by atoms with Gasteiger partial charge in [0.05, 0.1) is 0 Å². The number of pyridine rings is 1. The summed E-state index contributed by atoms with van der Waals surface area (Å²) in [6.45, 7) is 10.1. The van der Waals surface area contributed by atoms with Crippen LogP contribution in [0.1, 0.15) is 32.8 Å². The van der Waals surface area contributed by atoms with Crippen molar-refractivity contribution in [3.63, 3.8) is 0 Å². The number of aromatic nitrogens is 1. The zero-order valence-corrected chi connectivity index (χ0v) is 11.1. The van der Waals surface area contributed by atoms with Gasteiger partial charge in [-0.15, -0.1) is 0 Å². The van der Waals surface area contributed by atoms with E-state index in [0.29, 0.717) is 6.04 Å². The Morgan fingerprint density at radius 3 is 2.82 bits per heavy atom. The van der Waals surface area contributed by atoms with Crippen LogP contribution in [0, 0.1) is 0 Å². The molecule has 1 N–H and O–H groups in total. The molecule has 2 atom stereocenters. The number of nitrogens with zero attached hydrogens (tertiary/aromatic N) is 2.